The first-order chi connectivity index (χ1) is 9.08. The van der Waals surface area contributed by atoms with Gasteiger partial charge in [-0.3, -0.25) is 0 Å². The molecule has 0 aromatic heterocycles. The third kappa shape index (κ3) is 3.88. The van der Waals surface area contributed by atoms with Crippen LogP contribution in [0.1, 0.15) is 46.0 Å². The van der Waals surface area contributed by atoms with Crippen LogP contribution in [-0.4, -0.2) is 12.6 Å². The van der Waals surface area contributed by atoms with Gasteiger partial charge in [0.1, 0.15) is 0 Å². The molecule has 1 aromatic carbocycles. The fraction of sp³-hybridized carbons (Fsp3) is 0.625. The third-order valence-corrected chi connectivity index (χ3v) is 4.63. The van der Waals surface area contributed by atoms with E-state index in [0.717, 1.165) is 22.6 Å². The Hall–Kier alpha value is -0.700. The van der Waals surface area contributed by atoms with Crippen molar-refractivity contribution in [2.75, 3.05) is 17.2 Å². The lowest BCUT2D eigenvalue weighted by Gasteiger charge is -2.33. The first kappa shape index (κ1) is 14.7. The van der Waals surface area contributed by atoms with Crippen LogP contribution in [0.5, 0.6) is 0 Å². The highest BCUT2D eigenvalue weighted by Gasteiger charge is 2.24. The quantitative estimate of drug-likeness (QED) is 0.786. The second kappa shape index (κ2) is 6.65. The molecule has 1 aliphatic carbocycles. The van der Waals surface area contributed by atoms with Crippen LogP contribution in [0.25, 0.3) is 0 Å². The average molecular weight is 325 g/mol. The van der Waals surface area contributed by atoms with Gasteiger partial charge in [0, 0.05) is 22.7 Å². The lowest BCUT2D eigenvalue weighted by atomic mass is 10.1. The minimum atomic E-state index is 0.707. The summed E-state index contributed by atoms with van der Waals surface area (Å²) >= 11 is 3.68. The van der Waals surface area contributed by atoms with Gasteiger partial charge in [-0.1, -0.05) is 26.7 Å². The minimum Gasteiger partial charge on any atom is -0.399 e. The summed E-state index contributed by atoms with van der Waals surface area (Å²) < 4.78 is 1.13. The Morgan fingerprint density at radius 1 is 1.32 bits per heavy atom. The monoisotopic (exact) mass is 324 g/mol. The molecule has 1 fully saturated rings. The molecule has 0 bridgehead atoms. The Kier molecular flexibility index (Phi) is 5.14. The van der Waals surface area contributed by atoms with Crippen LogP contribution in [-0.2, 0) is 0 Å². The van der Waals surface area contributed by atoms with Crippen molar-refractivity contribution in [1.82, 2.24) is 0 Å². The molecule has 19 heavy (non-hydrogen) atoms. The molecule has 2 rings (SSSR count). The minimum absolute atomic E-state index is 0.707. The Morgan fingerprint density at radius 2 is 2.00 bits per heavy atom. The van der Waals surface area contributed by atoms with Crippen molar-refractivity contribution in [3.63, 3.8) is 0 Å². The van der Waals surface area contributed by atoms with Gasteiger partial charge in [0.15, 0.2) is 0 Å². The maximum Gasteiger partial charge on any atom is 0.0514 e. The van der Waals surface area contributed by atoms with Crippen molar-refractivity contribution in [2.45, 2.75) is 52.0 Å². The SMILES string of the molecule is CC(C)CCN(c1ccc(N)cc1Br)C1CCCC1. The summed E-state index contributed by atoms with van der Waals surface area (Å²) in [6.45, 7) is 5.74. The molecule has 0 saturated heterocycles. The average Bonchev–Trinajstić information content (AvgIpc) is 2.85. The molecule has 2 nitrogen and oxygen atoms in total. The Labute approximate surface area is 125 Å². The number of anilines is 2. The zero-order valence-electron chi connectivity index (χ0n) is 12.0. The Morgan fingerprint density at radius 3 is 2.58 bits per heavy atom. The highest BCUT2D eigenvalue weighted by molar-refractivity contribution is 9.10. The number of hydrogen-bond acceptors (Lipinski definition) is 2. The number of halogens is 1. The largest absolute Gasteiger partial charge is 0.399 e. The van der Waals surface area contributed by atoms with E-state index in [4.69, 9.17) is 5.73 Å². The van der Waals surface area contributed by atoms with Crippen LogP contribution >= 0.6 is 15.9 Å². The molecule has 1 aliphatic rings. The molecule has 0 atom stereocenters. The van der Waals surface area contributed by atoms with Crippen molar-refractivity contribution in [1.29, 1.82) is 0 Å². The standard InChI is InChI=1S/C16H25BrN2/c1-12(2)9-10-19(14-5-3-4-6-14)16-8-7-13(18)11-15(16)17/h7-8,11-12,14H,3-6,9-10,18H2,1-2H3. The smallest absolute Gasteiger partial charge is 0.0514 e. The van der Waals surface area contributed by atoms with Crippen molar-refractivity contribution >= 4 is 27.3 Å². The number of nitrogen functional groups attached to an aromatic ring is 1. The molecule has 0 radical (unpaired) electrons. The first-order valence-electron chi connectivity index (χ1n) is 7.39. The third-order valence-electron chi connectivity index (χ3n) is 3.99. The summed E-state index contributed by atoms with van der Waals surface area (Å²) in [4.78, 5) is 2.59. The van der Waals surface area contributed by atoms with E-state index in [9.17, 15) is 0 Å². The van der Waals surface area contributed by atoms with Gasteiger partial charge >= 0.3 is 0 Å². The number of rotatable bonds is 5. The van der Waals surface area contributed by atoms with E-state index in [-0.39, 0.29) is 0 Å². The van der Waals surface area contributed by atoms with Crippen LogP contribution in [0.2, 0.25) is 0 Å². The van der Waals surface area contributed by atoms with Crippen LogP contribution in [0.3, 0.4) is 0 Å². The summed E-state index contributed by atoms with van der Waals surface area (Å²) in [6.07, 6.45) is 6.64. The van der Waals surface area contributed by atoms with Crippen molar-refractivity contribution < 1.29 is 0 Å². The molecular weight excluding hydrogens is 300 g/mol. The van der Waals surface area contributed by atoms with E-state index in [1.807, 2.05) is 12.1 Å². The van der Waals surface area contributed by atoms with Crippen LogP contribution in [0.4, 0.5) is 11.4 Å². The Bertz CT molecular complexity index is 411. The van der Waals surface area contributed by atoms with E-state index < -0.39 is 0 Å². The normalized spacial score (nSPS) is 16.2. The molecule has 1 saturated carbocycles. The van der Waals surface area contributed by atoms with Gasteiger partial charge in [0.2, 0.25) is 0 Å². The van der Waals surface area contributed by atoms with E-state index >= 15 is 0 Å². The van der Waals surface area contributed by atoms with Gasteiger partial charge in [-0.15, -0.1) is 0 Å². The fourth-order valence-corrected chi connectivity index (χ4v) is 3.49. The second-order valence-electron chi connectivity index (χ2n) is 6.03. The fourth-order valence-electron chi connectivity index (χ4n) is 2.87. The molecule has 106 valence electrons. The summed E-state index contributed by atoms with van der Waals surface area (Å²) in [5, 5.41) is 0. The molecule has 0 spiro atoms. The predicted molar refractivity (Wildman–Crippen MR) is 87.6 cm³/mol. The van der Waals surface area contributed by atoms with Crippen molar-refractivity contribution in [3.8, 4) is 0 Å². The maximum atomic E-state index is 5.85. The van der Waals surface area contributed by atoms with E-state index in [0.29, 0.717) is 6.04 Å². The van der Waals surface area contributed by atoms with E-state index in [1.165, 1.54) is 37.8 Å². The lowest BCUT2D eigenvalue weighted by molar-refractivity contribution is 0.528. The second-order valence-corrected chi connectivity index (χ2v) is 6.88. The molecule has 0 unspecified atom stereocenters. The van der Waals surface area contributed by atoms with Gasteiger partial charge in [-0.05, 0) is 59.3 Å². The van der Waals surface area contributed by atoms with E-state index in [2.05, 4.69) is 40.7 Å². The highest BCUT2D eigenvalue weighted by Crippen LogP contribution is 2.34. The number of benzene rings is 1. The summed E-state index contributed by atoms with van der Waals surface area (Å²) in [5.74, 6) is 0.747. The first-order valence-corrected chi connectivity index (χ1v) is 8.19. The lowest BCUT2D eigenvalue weighted by Crippen LogP contribution is -2.35. The van der Waals surface area contributed by atoms with Crippen LogP contribution < -0.4 is 10.6 Å². The number of nitrogens with zero attached hydrogens (tertiary/aromatic N) is 1. The van der Waals surface area contributed by atoms with Crippen molar-refractivity contribution in [2.24, 2.45) is 5.92 Å². The Balaban J connectivity index is 2.19. The molecule has 0 aliphatic heterocycles. The van der Waals surface area contributed by atoms with Crippen LogP contribution in [0.15, 0.2) is 22.7 Å². The zero-order valence-corrected chi connectivity index (χ0v) is 13.6. The van der Waals surface area contributed by atoms with Crippen LogP contribution in [0, 0.1) is 5.92 Å². The number of nitrogens with two attached hydrogens (primary N) is 1. The highest BCUT2D eigenvalue weighted by atomic mass is 79.9. The predicted octanol–water partition coefficient (Wildman–Crippen LogP) is 4.83. The number of hydrogen-bond donors (Lipinski definition) is 1. The molecular formula is C16H25BrN2. The summed E-state index contributed by atoms with van der Waals surface area (Å²) in [5.41, 5.74) is 7.99. The van der Waals surface area contributed by atoms with Gasteiger partial charge in [-0.2, -0.15) is 0 Å². The maximum absolute atomic E-state index is 5.85. The van der Waals surface area contributed by atoms with Crippen molar-refractivity contribution in [3.05, 3.63) is 22.7 Å². The topological polar surface area (TPSA) is 29.3 Å². The molecule has 1 aromatic rings. The molecule has 2 N–H and O–H groups in total. The molecule has 0 amide bonds. The van der Waals surface area contributed by atoms with E-state index in [1.54, 1.807) is 0 Å². The van der Waals surface area contributed by atoms with Gasteiger partial charge < -0.3 is 10.6 Å². The summed E-state index contributed by atoms with van der Waals surface area (Å²) in [6, 6.07) is 6.90. The molecule has 3 heteroatoms. The van der Waals surface area contributed by atoms with Gasteiger partial charge in [0.25, 0.3) is 0 Å². The zero-order chi connectivity index (χ0) is 13.8. The molecule has 0 heterocycles. The van der Waals surface area contributed by atoms with Gasteiger partial charge in [-0.25, -0.2) is 0 Å². The van der Waals surface area contributed by atoms with Gasteiger partial charge in [0.05, 0.1) is 5.69 Å². The summed E-state index contributed by atoms with van der Waals surface area (Å²) in [7, 11) is 0.